The molecule has 0 bridgehead atoms. The topological polar surface area (TPSA) is 101 Å². The van der Waals surface area contributed by atoms with Crippen molar-refractivity contribution in [1.82, 2.24) is 15.2 Å². The summed E-state index contributed by atoms with van der Waals surface area (Å²) >= 11 is 0. The lowest BCUT2D eigenvalue weighted by Gasteiger charge is -2.42. The smallest absolute Gasteiger partial charge is 0.420 e. The first-order valence-corrected chi connectivity index (χ1v) is 12.3. The Morgan fingerprint density at radius 3 is 2.45 bits per heavy atom. The van der Waals surface area contributed by atoms with Gasteiger partial charge in [-0.15, -0.1) is 0 Å². The molecule has 1 aliphatic heterocycles. The standard InChI is InChI=1S/C29H24F4N4O3/c1-28(30)15-37(16-28)27(39)19-6-4-18(5-7-19)20-10-21-11-22(40-26(21)23(12-20)29(31,32)33)14-36-25(38)9-3-17-2-8-24(34)35-13-17/h2-13H,14-16H2,1H3,(H2,34,35)(H,36,38)/b9-3+. The molecule has 2 amide bonds. The molecule has 11 heteroatoms. The highest BCUT2D eigenvalue weighted by molar-refractivity contribution is 5.96. The molecule has 2 aromatic carbocycles. The Morgan fingerprint density at radius 1 is 1.10 bits per heavy atom. The van der Waals surface area contributed by atoms with Gasteiger partial charge in [0.1, 0.15) is 22.8 Å². The largest absolute Gasteiger partial charge is 0.459 e. The minimum absolute atomic E-state index is 0.00117. The SMILES string of the molecule is CC1(F)CN(C(=O)c2ccc(-c3cc(C(F)(F)F)c4oc(CNC(=O)/C=C/c5ccc(N)nc5)cc4c3)cc2)C1. The molecule has 5 rings (SSSR count). The van der Waals surface area contributed by atoms with E-state index in [4.69, 9.17) is 10.2 Å². The summed E-state index contributed by atoms with van der Waals surface area (Å²) in [5.74, 6) is -0.328. The number of nitrogens with one attached hydrogen (secondary N) is 1. The second-order valence-corrected chi connectivity index (χ2v) is 9.87. The van der Waals surface area contributed by atoms with Gasteiger partial charge < -0.3 is 20.4 Å². The number of hydrogen-bond donors (Lipinski definition) is 2. The van der Waals surface area contributed by atoms with Gasteiger partial charge >= 0.3 is 6.18 Å². The molecule has 1 saturated heterocycles. The Balaban J connectivity index is 1.34. The van der Waals surface area contributed by atoms with E-state index in [1.807, 2.05) is 0 Å². The van der Waals surface area contributed by atoms with E-state index in [2.05, 4.69) is 10.3 Å². The molecule has 0 unspecified atom stereocenters. The van der Waals surface area contributed by atoms with Crippen molar-refractivity contribution in [2.45, 2.75) is 25.3 Å². The van der Waals surface area contributed by atoms with Crippen LogP contribution in [0, 0.1) is 0 Å². The van der Waals surface area contributed by atoms with Crippen LogP contribution in [-0.2, 0) is 17.5 Å². The quantitative estimate of drug-likeness (QED) is 0.239. The lowest BCUT2D eigenvalue weighted by molar-refractivity contribution is -0.136. The molecule has 1 fully saturated rings. The Labute approximate surface area is 226 Å². The number of hydrogen-bond acceptors (Lipinski definition) is 5. The maximum Gasteiger partial charge on any atom is 0.420 e. The highest BCUT2D eigenvalue weighted by Crippen LogP contribution is 2.39. The van der Waals surface area contributed by atoms with E-state index in [1.54, 1.807) is 30.3 Å². The third kappa shape index (κ3) is 5.83. The minimum atomic E-state index is -4.70. The number of pyridine rings is 1. The molecule has 3 N–H and O–H groups in total. The number of amides is 2. The van der Waals surface area contributed by atoms with Crippen molar-refractivity contribution in [2.24, 2.45) is 0 Å². The molecule has 3 heterocycles. The molecule has 0 radical (unpaired) electrons. The van der Waals surface area contributed by atoms with Crippen LogP contribution in [0.3, 0.4) is 0 Å². The van der Waals surface area contributed by atoms with Crippen molar-refractivity contribution in [3.63, 3.8) is 0 Å². The molecule has 206 valence electrons. The average Bonchev–Trinajstić information content (AvgIpc) is 3.31. The number of alkyl halides is 4. The highest BCUT2D eigenvalue weighted by atomic mass is 19.4. The monoisotopic (exact) mass is 552 g/mol. The number of furan rings is 1. The molecular weight excluding hydrogens is 528 g/mol. The Bertz CT molecular complexity index is 1600. The molecule has 4 aromatic rings. The summed E-state index contributed by atoms with van der Waals surface area (Å²) in [5.41, 5.74) is 4.52. The Kier molecular flexibility index (Phi) is 6.82. The number of fused-ring (bicyclic) bond motifs is 1. The van der Waals surface area contributed by atoms with Crippen LogP contribution in [-0.4, -0.2) is 40.5 Å². The van der Waals surface area contributed by atoms with Crippen LogP contribution in [0.5, 0.6) is 0 Å². The zero-order chi connectivity index (χ0) is 28.7. The number of aromatic nitrogens is 1. The third-order valence-corrected chi connectivity index (χ3v) is 6.44. The van der Waals surface area contributed by atoms with E-state index in [0.717, 1.165) is 6.07 Å². The maximum absolute atomic E-state index is 14.0. The number of nitrogens with two attached hydrogens (primary N) is 1. The number of anilines is 1. The first-order chi connectivity index (χ1) is 18.9. The molecule has 1 aliphatic rings. The number of carbonyl (C=O) groups excluding carboxylic acids is 2. The zero-order valence-corrected chi connectivity index (χ0v) is 21.3. The van der Waals surface area contributed by atoms with Crippen LogP contribution in [0.2, 0.25) is 0 Å². The summed E-state index contributed by atoms with van der Waals surface area (Å²) in [7, 11) is 0. The van der Waals surface area contributed by atoms with Gasteiger partial charge in [0.25, 0.3) is 5.91 Å². The number of carbonyl (C=O) groups is 2. The summed E-state index contributed by atoms with van der Waals surface area (Å²) in [6.45, 7) is 1.29. The van der Waals surface area contributed by atoms with Gasteiger partial charge in [-0.05, 0) is 72.2 Å². The molecule has 0 aliphatic carbocycles. The predicted molar refractivity (Wildman–Crippen MR) is 142 cm³/mol. The van der Waals surface area contributed by atoms with Crippen molar-refractivity contribution in [1.29, 1.82) is 0 Å². The van der Waals surface area contributed by atoms with Crippen molar-refractivity contribution in [2.75, 3.05) is 18.8 Å². The van der Waals surface area contributed by atoms with E-state index < -0.39 is 23.3 Å². The summed E-state index contributed by atoms with van der Waals surface area (Å²) in [6.07, 6.45) is -0.418. The number of nitrogen functional groups attached to an aromatic ring is 1. The zero-order valence-electron chi connectivity index (χ0n) is 21.3. The molecule has 40 heavy (non-hydrogen) atoms. The van der Waals surface area contributed by atoms with E-state index in [9.17, 15) is 27.2 Å². The van der Waals surface area contributed by atoms with Crippen LogP contribution < -0.4 is 11.1 Å². The second kappa shape index (κ2) is 10.1. The summed E-state index contributed by atoms with van der Waals surface area (Å²) in [4.78, 5) is 30.0. The van der Waals surface area contributed by atoms with Crippen molar-refractivity contribution in [3.05, 3.63) is 89.3 Å². The van der Waals surface area contributed by atoms with Gasteiger partial charge in [0.2, 0.25) is 5.91 Å². The van der Waals surface area contributed by atoms with Gasteiger partial charge in [0, 0.05) is 23.2 Å². The van der Waals surface area contributed by atoms with Crippen LogP contribution in [0.15, 0.2) is 71.3 Å². The fourth-order valence-electron chi connectivity index (χ4n) is 4.47. The van der Waals surface area contributed by atoms with Gasteiger partial charge in [0.05, 0.1) is 25.2 Å². The lowest BCUT2D eigenvalue weighted by Crippen LogP contribution is -2.59. The summed E-state index contributed by atoms with van der Waals surface area (Å²) < 4.78 is 61.1. The van der Waals surface area contributed by atoms with Crippen LogP contribution in [0.4, 0.5) is 23.4 Å². The molecule has 0 spiro atoms. The molecule has 0 atom stereocenters. The molecule has 2 aromatic heterocycles. The van der Waals surface area contributed by atoms with Gasteiger partial charge in [-0.1, -0.05) is 12.1 Å². The van der Waals surface area contributed by atoms with Crippen LogP contribution in [0.25, 0.3) is 28.2 Å². The van der Waals surface area contributed by atoms with E-state index >= 15 is 0 Å². The number of benzene rings is 2. The molecule has 0 saturated carbocycles. The number of halogens is 4. The molecular formula is C29H24F4N4O3. The lowest BCUT2D eigenvalue weighted by atomic mass is 9.96. The van der Waals surface area contributed by atoms with E-state index in [-0.39, 0.29) is 47.8 Å². The predicted octanol–water partition coefficient (Wildman–Crippen LogP) is 5.61. The number of nitrogens with zero attached hydrogens (tertiary/aromatic N) is 2. The maximum atomic E-state index is 14.0. The van der Waals surface area contributed by atoms with Gasteiger partial charge in [-0.2, -0.15) is 13.2 Å². The van der Waals surface area contributed by atoms with Gasteiger partial charge in [-0.25, -0.2) is 9.37 Å². The fourth-order valence-corrected chi connectivity index (χ4v) is 4.47. The first kappa shape index (κ1) is 26.9. The minimum Gasteiger partial charge on any atom is -0.459 e. The van der Waals surface area contributed by atoms with Crippen molar-refractivity contribution < 1.29 is 31.6 Å². The van der Waals surface area contributed by atoms with Gasteiger partial charge in [0.15, 0.2) is 0 Å². The van der Waals surface area contributed by atoms with E-state index in [0.29, 0.717) is 22.5 Å². The highest BCUT2D eigenvalue weighted by Gasteiger charge is 2.41. The number of rotatable bonds is 6. The average molecular weight is 553 g/mol. The van der Waals surface area contributed by atoms with Gasteiger partial charge in [-0.3, -0.25) is 9.59 Å². The van der Waals surface area contributed by atoms with Crippen LogP contribution >= 0.6 is 0 Å². The van der Waals surface area contributed by atoms with Crippen LogP contribution in [0.1, 0.15) is 34.2 Å². The second-order valence-electron chi connectivity index (χ2n) is 9.87. The fraction of sp³-hybridized carbons (Fsp3) is 0.207. The van der Waals surface area contributed by atoms with Crippen molar-refractivity contribution >= 4 is 34.7 Å². The van der Waals surface area contributed by atoms with Crippen molar-refractivity contribution in [3.8, 4) is 11.1 Å². The Hall–Kier alpha value is -4.67. The number of likely N-dealkylation sites (tertiary alicyclic amines) is 1. The van der Waals surface area contributed by atoms with E-state index in [1.165, 1.54) is 48.4 Å². The summed E-state index contributed by atoms with van der Waals surface area (Å²) in [5, 5.41) is 2.79. The Morgan fingerprint density at radius 2 is 1.82 bits per heavy atom. The normalized spacial score (nSPS) is 14.9. The molecule has 7 nitrogen and oxygen atoms in total. The summed E-state index contributed by atoms with van der Waals surface area (Å²) in [6, 6.07) is 13.4. The first-order valence-electron chi connectivity index (χ1n) is 12.3. The third-order valence-electron chi connectivity index (χ3n) is 6.44.